The molecular weight excluding hydrogens is 487 g/mol. The minimum atomic E-state index is -4.63. The summed E-state index contributed by atoms with van der Waals surface area (Å²) in [5.74, 6) is -0.260. The SMILES string of the molecule is CC(Oc1cc(-n2nc(C(F)(F)F)c3c2C(Cl)CCC3)cnn1)c1ccc2c(c1)OC(F)(F)O2. The van der Waals surface area contributed by atoms with Crippen molar-refractivity contribution in [3.63, 3.8) is 0 Å². The lowest BCUT2D eigenvalue weighted by Crippen LogP contribution is -2.25. The first-order chi connectivity index (χ1) is 16.0. The molecule has 5 rings (SSSR count). The highest BCUT2D eigenvalue weighted by Crippen LogP contribution is 2.44. The molecule has 2 unspecified atom stereocenters. The second-order valence-corrected chi connectivity index (χ2v) is 8.39. The van der Waals surface area contributed by atoms with Gasteiger partial charge in [0.2, 0.25) is 5.88 Å². The zero-order chi connectivity index (χ0) is 24.3. The highest BCUT2D eigenvalue weighted by atomic mass is 35.5. The van der Waals surface area contributed by atoms with Crippen LogP contribution in [0, 0.1) is 0 Å². The fourth-order valence-corrected chi connectivity index (χ4v) is 4.41. The Labute approximate surface area is 194 Å². The summed E-state index contributed by atoms with van der Waals surface area (Å²) in [5.41, 5.74) is 0.0379. The van der Waals surface area contributed by atoms with E-state index in [9.17, 15) is 22.0 Å². The summed E-state index contributed by atoms with van der Waals surface area (Å²) in [6, 6.07) is 5.57. The van der Waals surface area contributed by atoms with E-state index in [1.165, 1.54) is 30.5 Å². The summed E-state index contributed by atoms with van der Waals surface area (Å²) < 4.78 is 83.0. The minimum absolute atomic E-state index is 0.00672. The number of alkyl halides is 6. The molecule has 0 radical (unpaired) electrons. The molecule has 3 aromatic rings. The van der Waals surface area contributed by atoms with Crippen molar-refractivity contribution in [1.29, 1.82) is 0 Å². The van der Waals surface area contributed by atoms with Gasteiger partial charge in [-0.05, 0) is 43.9 Å². The molecular formula is C21H16ClF5N4O3. The molecule has 1 aliphatic heterocycles. The fraction of sp³-hybridized carbons (Fsp3) is 0.381. The Balaban J connectivity index is 1.44. The predicted octanol–water partition coefficient (Wildman–Crippen LogP) is 5.76. The number of fused-ring (bicyclic) bond motifs is 2. The van der Waals surface area contributed by atoms with E-state index in [1.807, 2.05) is 0 Å². The van der Waals surface area contributed by atoms with Gasteiger partial charge in [-0.25, -0.2) is 4.68 Å². The molecule has 0 amide bonds. The second-order valence-electron chi connectivity index (χ2n) is 7.87. The smallest absolute Gasteiger partial charge is 0.469 e. The van der Waals surface area contributed by atoms with E-state index in [2.05, 4.69) is 24.8 Å². The van der Waals surface area contributed by atoms with Gasteiger partial charge in [-0.1, -0.05) is 6.07 Å². The molecule has 2 aliphatic rings. The lowest BCUT2D eigenvalue weighted by atomic mass is 9.95. The van der Waals surface area contributed by atoms with Crippen LogP contribution < -0.4 is 14.2 Å². The van der Waals surface area contributed by atoms with Crippen LogP contribution >= 0.6 is 11.6 Å². The maximum atomic E-state index is 13.6. The molecule has 2 atom stereocenters. The highest BCUT2D eigenvalue weighted by Gasteiger charge is 2.44. The molecule has 0 spiro atoms. The van der Waals surface area contributed by atoms with E-state index in [-0.39, 0.29) is 40.7 Å². The monoisotopic (exact) mass is 502 g/mol. The van der Waals surface area contributed by atoms with Crippen LogP contribution in [0.25, 0.3) is 5.69 Å². The van der Waals surface area contributed by atoms with Gasteiger partial charge < -0.3 is 14.2 Å². The minimum Gasteiger partial charge on any atom is -0.469 e. The van der Waals surface area contributed by atoms with Crippen molar-refractivity contribution < 1.29 is 36.2 Å². The van der Waals surface area contributed by atoms with Gasteiger partial charge in [0.15, 0.2) is 17.2 Å². The number of hydrogen-bond donors (Lipinski definition) is 0. The number of halogens is 6. The number of rotatable bonds is 4. The zero-order valence-electron chi connectivity index (χ0n) is 17.4. The van der Waals surface area contributed by atoms with Gasteiger partial charge in [0.25, 0.3) is 0 Å². The molecule has 3 heterocycles. The van der Waals surface area contributed by atoms with Gasteiger partial charge in [-0.2, -0.15) is 23.4 Å². The molecule has 0 fully saturated rings. The van der Waals surface area contributed by atoms with E-state index in [1.54, 1.807) is 6.92 Å². The Morgan fingerprint density at radius 2 is 1.97 bits per heavy atom. The average Bonchev–Trinajstić information content (AvgIpc) is 3.30. The Hall–Kier alpha value is -3.15. The number of benzene rings is 1. The van der Waals surface area contributed by atoms with Crippen LogP contribution in [0.4, 0.5) is 22.0 Å². The lowest BCUT2D eigenvalue weighted by molar-refractivity contribution is -0.286. The molecule has 1 aromatic carbocycles. The van der Waals surface area contributed by atoms with E-state index in [0.717, 1.165) is 4.68 Å². The molecule has 2 aromatic heterocycles. The van der Waals surface area contributed by atoms with Crippen molar-refractivity contribution in [2.24, 2.45) is 0 Å². The van der Waals surface area contributed by atoms with E-state index in [0.29, 0.717) is 18.4 Å². The summed E-state index contributed by atoms with van der Waals surface area (Å²) in [6.07, 6.45) is -6.55. The summed E-state index contributed by atoms with van der Waals surface area (Å²) in [4.78, 5) is 0. The Kier molecular flexibility index (Phi) is 5.30. The van der Waals surface area contributed by atoms with Crippen LogP contribution in [-0.2, 0) is 12.6 Å². The number of nitrogens with zero attached hydrogens (tertiary/aromatic N) is 4. The van der Waals surface area contributed by atoms with Crippen molar-refractivity contribution in [2.45, 2.75) is 50.1 Å². The standard InChI is InChI=1S/C21H16ClF5N4O3/c1-10(11-5-6-15-16(7-11)34-21(26,27)33-15)32-17-8-12(9-28-29-17)31-18-13(3-2-4-14(18)22)19(30-31)20(23,24)25/h5-10,14H,2-4H2,1H3. The molecule has 7 nitrogen and oxygen atoms in total. The highest BCUT2D eigenvalue weighted by molar-refractivity contribution is 6.20. The molecule has 34 heavy (non-hydrogen) atoms. The largest absolute Gasteiger partial charge is 0.586 e. The van der Waals surface area contributed by atoms with Crippen LogP contribution in [0.2, 0.25) is 0 Å². The predicted molar refractivity (Wildman–Crippen MR) is 107 cm³/mol. The average molecular weight is 503 g/mol. The van der Waals surface area contributed by atoms with Crippen molar-refractivity contribution in [1.82, 2.24) is 20.0 Å². The van der Waals surface area contributed by atoms with Gasteiger partial charge in [-0.15, -0.1) is 25.5 Å². The van der Waals surface area contributed by atoms with Crippen LogP contribution in [0.5, 0.6) is 17.4 Å². The Morgan fingerprint density at radius 3 is 2.74 bits per heavy atom. The third-order valence-electron chi connectivity index (χ3n) is 5.53. The molecule has 0 bridgehead atoms. The molecule has 13 heteroatoms. The second kappa shape index (κ2) is 7.97. The van der Waals surface area contributed by atoms with E-state index in [4.69, 9.17) is 16.3 Å². The first-order valence-corrected chi connectivity index (χ1v) is 10.7. The third kappa shape index (κ3) is 4.10. The summed E-state index contributed by atoms with van der Waals surface area (Å²) in [5, 5.41) is 10.8. The lowest BCUT2D eigenvalue weighted by Gasteiger charge is -2.20. The van der Waals surface area contributed by atoms with Gasteiger partial charge in [0.1, 0.15) is 6.10 Å². The molecule has 0 saturated carbocycles. The zero-order valence-corrected chi connectivity index (χ0v) is 18.2. The van der Waals surface area contributed by atoms with Crippen molar-refractivity contribution in [3.8, 4) is 23.1 Å². The van der Waals surface area contributed by atoms with E-state index < -0.39 is 29.6 Å². The Bertz CT molecular complexity index is 1250. The van der Waals surface area contributed by atoms with Crippen LogP contribution in [0.1, 0.15) is 53.8 Å². The van der Waals surface area contributed by atoms with Crippen molar-refractivity contribution >= 4 is 11.6 Å². The number of aromatic nitrogens is 4. The van der Waals surface area contributed by atoms with Crippen molar-refractivity contribution in [3.05, 3.63) is 53.0 Å². The third-order valence-corrected chi connectivity index (χ3v) is 5.95. The summed E-state index contributed by atoms with van der Waals surface area (Å²) in [7, 11) is 0. The van der Waals surface area contributed by atoms with Gasteiger partial charge in [0.05, 0.1) is 23.0 Å². The van der Waals surface area contributed by atoms with Crippen LogP contribution in [0.3, 0.4) is 0 Å². The van der Waals surface area contributed by atoms with Crippen LogP contribution in [0.15, 0.2) is 30.5 Å². The van der Waals surface area contributed by atoms with Gasteiger partial charge in [-0.3, -0.25) is 0 Å². The van der Waals surface area contributed by atoms with E-state index >= 15 is 0 Å². The number of ether oxygens (including phenoxy) is 3. The number of hydrogen-bond acceptors (Lipinski definition) is 6. The summed E-state index contributed by atoms with van der Waals surface area (Å²) in [6.45, 7) is 1.64. The molecule has 0 N–H and O–H groups in total. The quantitative estimate of drug-likeness (QED) is 0.334. The normalized spacial score (nSPS) is 19.6. The van der Waals surface area contributed by atoms with Gasteiger partial charge in [0, 0.05) is 11.6 Å². The van der Waals surface area contributed by atoms with Crippen molar-refractivity contribution in [2.75, 3.05) is 0 Å². The topological polar surface area (TPSA) is 71.3 Å². The summed E-state index contributed by atoms with van der Waals surface area (Å²) >= 11 is 6.37. The Morgan fingerprint density at radius 1 is 1.21 bits per heavy atom. The fourth-order valence-electron chi connectivity index (χ4n) is 4.03. The van der Waals surface area contributed by atoms with Crippen LogP contribution in [-0.4, -0.2) is 26.3 Å². The molecule has 1 aliphatic carbocycles. The first-order valence-electron chi connectivity index (χ1n) is 10.2. The molecule has 0 saturated heterocycles. The maximum absolute atomic E-state index is 13.6. The van der Waals surface area contributed by atoms with Gasteiger partial charge >= 0.3 is 12.5 Å². The molecule has 180 valence electrons. The maximum Gasteiger partial charge on any atom is 0.586 e. The first kappa shape index (κ1) is 22.6.